The van der Waals surface area contributed by atoms with Crippen LogP contribution in [-0.4, -0.2) is 41.1 Å². The SMILES string of the molecule is CCS(=O)(=O)C1C=CC(CC(=O)Nc2cc(C)c3c(n2)CCC(C)(c2cccc(=O)[nH]2)C3=O)=CC1C. The van der Waals surface area contributed by atoms with E-state index in [0.29, 0.717) is 41.2 Å². The lowest BCUT2D eigenvalue weighted by atomic mass is 9.70. The quantitative estimate of drug-likeness (QED) is 0.614. The molecule has 9 heteroatoms. The maximum atomic E-state index is 13.5. The average molecular weight is 510 g/mol. The molecule has 3 atom stereocenters. The number of hydrogen-bond donors (Lipinski definition) is 2. The molecule has 2 aliphatic rings. The minimum Gasteiger partial charge on any atom is -0.325 e. The standard InChI is InChI=1S/C27H31N3O5S/c1-5-36(34,35)20-10-9-18(13-16(20)2)15-24(32)30-22-14-17(3)25-19(28-22)11-12-27(4,26(25)33)21-7-6-8-23(31)29-21/h6-10,13-14,16,20H,5,11-12,15H2,1-4H3,(H,29,31)(H,28,30,32). The number of carbonyl (C=O) groups is 2. The zero-order chi connectivity index (χ0) is 26.3. The van der Waals surface area contributed by atoms with Crippen LogP contribution < -0.4 is 10.9 Å². The lowest BCUT2D eigenvalue weighted by Gasteiger charge is -2.33. The number of aryl methyl sites for hydroxylation is 2. The third-order valence-electron chi connectivity index (χ3n) is 7.19. The Morgan fingerprint density at radius 3 is 2.69 bits per heavy atom. The van der Waals surface area contributed by atoms with E-state index in [2.05, 4.69) is 15.3 Å². The number of aromatic amines is 1. The summed E-state index contributed by atoms with van der Waals surface area (Å²) >= 11 is 0. The molecule has 2 N–H and O–H groups in total. The van der Waals surface area contributed by atoms with E-state index in [1.165, 1.54) is 6.07 Å². The van der Waals surface area contributed by atoms with Gasteiger partial charge >= 0.3 is 0 Å². The van der Waals surface area contributed by atoms with Gasteiger partial charge in [0.05, 0.1) is 22.8 Å². The summed E-state index contributed by atoms with van der Waals surface area (Å²) in [4.78, 5) is 45.4. The van der Waals surface area contributed by atoms with Crippen molar-refractivity contribution in [3.8, 4) is 0 Å². The molecule has 0 saturated heterocycles. The van der Waals surface area contributed by atoms with Crippen molar-refractivity contribution in [3.63, 3.8) is 0 Å². The summed E-state index contributed by atoms with van der Waals surface area (Å²) in [5.74, 6) is -0.135. The van der Waals surface area contributed by atoms with Gasteiger partial charge < -0.3 is 10.3 Å². The summed E-state index contributed by atoms with van der Waals surface area (Å²) < 4.78 is 24.5. The number of allylic oxidation sites excluding steroid dienone is 2. The van der Waals surface area contributed by atoms with Crippen LogP contribution in [0.2, 0.25) is 0 Å². The number of hydrogen-bond acceptors (Lipinski definition) is 6. The minimum atomic E-state index is -3.20. The molecule has 2 aromatic heterocycles. The molecule has 8 nitrogen and oxygen atoms in total. The van der Waals surface area contributed by atoms with E-state index in [-0.39, 0.29) is 35.3 Å². The molecule has 0 aliphatic heterocycles. The average Bonchev–Trinajstić information content (AvgIpc) is 2.81. The number of fused-ring (bicyclic) bond motifs is 1. The number of carbonyl (C=O) groups excluding carboxylic acids is 2. The van der Waals surface area contributed by atoms with Gasteiger partial charge in [-0.2, -0.15) is 0 Å². The first-order chi connectivity index (χ1) is 16.9. The van der Waals surface area contributed by atoms with Crippen molar-refractivity contribution in [2.24, 2.45) is 5.92 Å². The third-order valence-corrected chi connectivity index (χ3v) is 9.41. The first-order valence-corrected chi connectivity index (χ1v) is 13.8. The van der Waals surface area contributed by atoms with E-state index >= 15 is 0 Å². The fourth-order valence-corrected chi connectivity index (χ4v) is 6.52. The second-order valence-electron chi connectivity index (χ2n) is 9.84. The number of nitrogens with zero attached hydrogens (tertiary/aromatic N) is 1. The predicted octanol–water partition coefficient (Wildman–Crippen LogP) is 3.43. The highest BCUT2D eigenvalue weighted by Gasteiger charge is 2.42. The molecule has 0 saturated carbocycles. The Kier molecular flexibility index (Phi) is 6.88. The second kappa shape index (κ2) is 9.61. The Morgan fingerprint density at radius 2 is 2.03 bits per heavy atom. The van der Waals surface area contributed by atoms with Gasteiger partial charge in [-0.15, -0.1) is 0 Å². The van der Waals surface area contributed by atoms with Crippen LogP contribution in [0.4, 0.5) is 5.82 Å². The Morgan fingerprint density at radius 1 is 1.28 bits per heavy atom. The lowest BCUT2D eigenvalue weighted by molar-refractivity contribution is -0.115. The molecule has 0 spiro atoms. The van der Waals surface area contributed by atoms with Crippen LogP contribution in [0.5, 0.6) is 0 Å². The molecule has 190 valence electrons. The number of sulfone groups is 1. The van der Waals surface area contributed by atoms with Crippen LogP contribution in [0.3, 0.4) is 0 Å². The lowest BCUT2D eigenvalue weighted by Crippen LogP contribution is -2.40. The molecule has 0 radical (unpaired) electrons. The van der Waals surface area contributed by atoms with Crippen LogP contribution in [0.1, 0.15) is 60.9 Å². The summed E-state index contributed by atoms with van der Waals surface area (Å²) in [5.41, 5.74) is 2.09. The first kappa shape index (κ1) is 25.8. The van der Waals surface area contributed by atoms with Gasteiger partial charge in [-0.3, -0.25) is 14.4 Å². The van der Waals surface area contributed by atoms with Gasteiger partial charge in [0.15, 0.2) is 15.6 Å². The second-order valence-corrected chi connectivity index (χ2v) is 12.3. The van der Waals surface area contributed by atoms with E-state index in [4.69, 9.17) is 0 Å². The van der Waals surface area contributed by atoms with Crippen molar-refractivity contribution in [2.75, 3.05) is 11.1 Å². The van der Waals surface area contributed by atoms with Gasteiger partial charge in [-0.25, -0.2) is 13.4 Å². The zero-order valence-electron chi connectivity index (χ0n) is 20.9. The van der Waals surface area contributed by atoms with E-state index in [0.717, 1.165) is 5.57 Å². The first-order valence-electron chi connectivity index (χ1n) is 12.1. The van der Waals surface area contributed by atoms with Crippen molar-refractivity contribution < 1.29 is 18.0 Å². The molecule has 0 aromatic carbocycles. The van der Waals surface area contributed by atoms with Crippen LogP contribution in [-0.2, 0) is 26.5 Å². The van der Waals surface area contributed by atoms with Crippen LogP contribution in [0, 0.1) is 12.8 Å². The molecule has 2 aromatic rings. The number of rotatable bonds is 6. The van der Waals surface area contributed by atoms with Crippen LogP contribution in [0.15, 0.2) is 52.9 Å². The topological polar surface area (TPSA) is 126 Å². The van der Waals surface area contributed by atoms with Gasteiger partial charge in [0, 0.05) is 23.1 Å². The zero-order valence-corrected chi connectivity index (χ0v) is 21.7. The maximum absolute atomic E-state index is 13.5. The number of aromatic nitrogens is 2. The molecule has 2 aliphatic carbocycles. The Labute approximate surface area is 210 Å². The Hall–Kier alpha value is -3.33. The normalized spacial score (nSPS) is 23.7. The number of pyridine rings is 2. The van der Waals surface area contributed by atoms with Crippen molar-refractivity contribution in [3.05, 3.63) is 80.9 Å². The van der Waals surface area contributed by atoms with Gasteiger partial charge in [-0.05, 0) is 55.9 Å². The molecule has 36 heavy (non-hydrogen) atoms. The van der Waals surface area contributed by atoms with Gasteiger partial charge in [0.2, 0.25) is 11.5 Å². The summed E-state index contributed by atoms with van der Waals surface area (Å²) in [6.07, 6.45) is 6.30. The van der Waals surface area contributed by atoms with E-state index in [1.54, 1.807) is 37.3 Å². The van der Waals surface area contributed by atoms with Crippen molar-refractivity contribution in [2.45, 2.75) is 57.6 Å². The minimum absolute atomic E-state index is 0.0737. The third kappa shape index (κ3) is 4.84. The van der Waals surface area contributed by atoms with Gasteiger partial charge in [0.25, 0.3) is 0 Å². The molecule has 2 heterocycles. The Balaban J connectivity index is 1.50. The number of anilines is 1. The highest BCUT2D eigenvalue weighted by Crippen LogP contribution is 2.38. The monoisotopic (exact) mass is 509 g/mol. The van der Waals surface area contributed by atoms with E-state index in [9.17, 15) is 22.8 Å². The fourth-order valence-electron chi connectivity index (χ4n) is 5.09. The number of ketones is 1. The van der Waals surface area contributed by atoms with Gasteiger partial charge in [-0.1, -0.05) is 38.1 Å². The number of H-pyrrole nitrogens is 1. The Bertz CT molecular complexity index is 1450. The summed E-state index contributed by atoms with van der Waals surface area (Å²) in [5, 5.41) is 2.25. The largest absolute Gasteiger partial charge is 0.325 e. The van der Waals surface area contributed by atoms with Gasteiger partial charge in [0.1, 0.15) is 5.82 Å². The number of Topliss-reactive ketones (excluding diaryl/α,β-unsaturated/α-hetero) is 1. The van der Waals surface area contributed by atoms with Crippen molar-refractivity contribution >= 4 is 27.3 Å². The molecule has 4 rings (SSSR count). The summed E-state index contributed by atoms with van der Waals surface area (Å²) in [6, 6.07) is 6.51. The molecular formula is C27H31N3O5S. The van der Waals surface area contributed by atoms with Crippen molar-refractivity contribution in [1.82, 2.24) is 9.97 Å². The highest BCUT2D eigenvalue weighted by molar-refractivity contribution is 7.92. The van der Waals surface area contributed by atoms with E-state index < -0.39 is 20.5 Å². The number of nitrogens with one attached hydrogen (secondary N) is 2. The van der Waals surface area contributed by atoms with E-state index in [1.807, 2.05) is 26.8 Å². The molecule has 0 bridgehead atoms. The van der Waals surface area contributed by atoms with Crippen LogP contribution in [0.25, 0.3) is 0 Å². The predicted molar refractivity (Wildman–Crippen MR) is 139 cm³/mol. The maximum Gasteiger partial charge on any atom is 0.248 e. The fraction of sp³-hybridized carbons (Fsp3) is 0.407. The molecular weight excluding hydrogens is 478 g/mol. The molecule has 0 fully saturated rings. The van der Waals surface area contributed by atoms with Crippen molar-refractivity contribution in [1.29, 1.82) is 0 Å². The number of amides is 1. The highest BCUT2D eigenvalue weighted by atomic mass is 32.2. The summed E-state index contributed by atoms with van der Waals surface area (Å²) in [6.45, 7) is 7.12. The summed E-state index contributed by atoms with van der Waals surface area (Å²) in [7, 11) is -3.20. The van der Waals surface area contributed by atoms with Crippen LogP contribution >= 0.6 is 0 Å². The smallest absolute Gasteiger partial charge is 0.248 e. The molecule has 3 unspecified atom stereocenters. The molecule has 1 amide bonds.